The quantitative estimate of drug-likeness (QED) is 0.743. The lowest BCUT2D eigenvalue weighted by Gasteiger charge is -2.31. The smallest absolute Gasteiger partial charge is 0.305 e. The van der Waals surface area contributed by atoms with E-state index in [4.69, 9.17) is 5.11 Å². The molecule has 1 saturated carbocycles. The van der Waals surface area contributed by atoms with Crippen molar-refractivity contribution in [1.82, 2.24) is 4.90 Å². The van der Waals surface area contributed by atoms with Crippen LogP contribution in [0.3, 0.4) is 0 Å². The Bertz CT molecular complexity index is 309. The molecule has 1 aliphatic rings. The second kappa shape index (κ2) is 8.98. The number of aliphatic carboxylic acids is 1. The number of carbonyl (C=O) groups is 2. The number of hydrogen-bond donors (Lipinski definition) is 1. The molecule has 0 aromatic carbocycles. The number of carbonyl (C=O) groups excluding carboxylic acids is 1. The Morgan fingerprint density at radius 3 is 2.30 bits per heavy atom. The van der Waals surface area contributed by atoms with Crippen molar-refractivity contribution in [2.75, 3.05) is 13.1 Å². The van der Waals surface area contributed by atoms with Gasteiger partial charge in [-0.3, -0.25) is 9.59 Å². The Labute approximate surface area is 122 Å². The van der Waals surface area contributed by atoms with E-state index >= 15 is 0 Å². The Kier molecular flexibility index (Phi) is 7.63. The lowest BCUT2D eigenvalue weighted by atomic mass is 9.79. The van der Waals surface area contributed by atoms with Crippen LogP contribution >= 0.6 is 0 Å². The molecular formula is C16H29NO3. The molecule has 4 nitrogen and oxygen atoms in total. The molecule has 0 aromatic heterocycles. The first-order valence-electron chi connectivity index (χ1n) is 8.09. The zero-order valence-electron chi connectivity index (χ0n) is 12.9. The average molecular weight is 283 g/mol. The first kappa shape index (κ1) is 17.0. The van der Waals surface area contributed by atoms with Gasteiger partial charge in [0.2, 0.25) is 5.91 Å². The van der Waals surface area contributed by atoms with E-state index in [9.17, 15) is 9.59 Å². The minimum Gasteiger partial charge on any atom is -0.481 e. The van der Waals surface area contributed by atoms with Gasteiger partial charge < -0.3 is 10.0 Å². The Hall–Kier alpha value is -1.06. The van der Waals surface area contributed by atoms with Gasteiger partial charge in [-0.25, -0.2) is 0 Å². The van der Waals surface area contributed by atoms with Gasteiger partial charge >= 0.3 is 5.97 Å². The highest BCUT2D eigenvalue weighted by molar-refractivity contribution is 5.79. The van der Waals surface area contributed by atoms with Gasteiger partial charge in [0.05, 0.1) is 6.42 Å². The first-order chi connectivity index (χ1) is 9.58. The van der Waals surface area contributed by atoms with E-state index in [1.54, 1.807) is 4.90 Å². The van der Waals surface area contributed by atoms with E-state index in [0.29, 0.717) is 13.1 Å². The maximum atomic E-state index is 12.4. The van der Waals surface area contributed by atoms with Crippen molar-refractivity contribution < 1.29 is 14.7 Å². The molecule has 20 heavy (non-hydrogen) atoms. The SMILES string of the molecule is CCCCC1CCC(C(=O)N(CC)CCC(=O)O)CC1. The Balaban J connectivity index is 2.38. The third kappa shape index (κ3) is 5.51. The predicted molar refractivity (Wildman–Crippen MR) is 79.5 cm³/mol. The topological polar surface area (TPSA) is 57.6 Å². The molecule has 116 valence electrons. The molecule has 1 fully saturated rings. The zero-order valence-corrected chi connectivity index (χ0v) is 12.9. The molecule has 0 radical (unpaired) electrons. The molecular weight excluding hydrogens is 254 g/mol. The maximum Gasteiger partial charge on any atom is 0.305 e. The molecule has 0 bridgehead atoms. The van der Waals surface area contributed by atoms with Crippen LogP contribution in [0.5, 0.6) is 0 Å². The lowest BCUT2D eigenvalue weighted by Crippen LogP contribution is -2.38. The molecule has 0 heterocycles. The molecule has 1 N–H and O–H groups in total. The van der Waals surface area contributed by atoms with Crippen molar-refractivity contribution >= 4 is 11.9 Å². The molecule has 0 spiro atoms. The van der Waals surface area contributed by atoms with E-state index in [0.717, 1.165) is 31.6 Å². The minimum atomic E-state index is -0.834. The van der Waals surface area contributed by atoms with Crippen molar-refractivity contribution in [3.05, 3.63) is 0 Å². The van der Waals surface area contributed by atoms with Crippen molar-refractivity contribution in [3.8, 4) is 0 Å². The monoisotopic (exact) mass is 283 g/mol. The fraction of sp³-hybridized carbons (Fsp3) is 0.875. The number of unbranched alkanes of at least 4 members (excludes halogenated alkanes) is 1. The largest absolute Gasteiger partial charge is 0.481 e. The highest BCUT2D eigenvalue weighted by atomic mass is 16.4. The summed E-state index contributed by atoms with van der Waals surface area (Å²) in [6.45, 7) is 5.10. The third-order valence-corrected chi connectivity index (χ3v) is 4.45. The maximum absolute atomic E-state index is 12.4. The second-order valence-electron chi connectivity index (χ2n) is 5.92. The standard InChI is InChI=1S/C16H29NO3/c1-3-5-6-13-7-9-14(10-8-13)16(20)17(4-2)12-11-15(18)19/h13-14H,3-12H2,1-2H3,(H,18,19). The number of nitrogens with zero attached hydrogens (tertiary/aromatic N) is 1. The van der Waals surface area contributed by atoms with E-state index in [2.05, 4.69) is 6.92 Å². The number of rotatable bonds is 8. The van der Waals surface area contributed by atoms with E-state index in [-0.39, 0.29) is 18.2 Å². The third-order valence-electron chi connectivity index (χ3n) is 4.45. The summed E-state index contributed by atoms with van der Waals surface area (Å²) in [7, 11) is 0. The first-order valence-corrected chi connectivity index (χ1v) is 8.09. The van der Waals surface area contributed by atoms with Crippen LogP contribution in [-0.2, 0) is 9.59 Å². The molecule has 0 atom stereocenters. The fourth-order valence-corrected chi connectivity index (χ4v) is 3.10. The van der Waals surface area contributed by atoms with Crippen molar-refractivity contribution in [3.63, 3.8) is 0 Å². The second-order valence-corrected chi connectivity index (χ2v) is 5.92. The molecule has 1 amide bonds. The van der Waals surface area contributed by atoms with Gasteiger partial charge in [-0.15, -0.1) is 0 Å². The normalized spacial score (nSPS) is 22.5. The van der Waals surface area contributed by atoms with Crippen LogP contribution < -0.4 is 0 Å². The molecule has 4 heteroatoms. The Morgan fingerprint density at radius 2 is 1.80 bits per heavy atom. The highest BCUT2D eigenvalue weighted by Crippen LogP contribution is 2.32. The van der Waals surface area contributed by atoms with Gasteiger partial charge in [-0.05, 0) is 38.5 Å². The van der Waals surface area contributed by atoms with Crippen LogP contribution in [0.4, 0.5) is 0 Å². The van der Waals surface area contributed by atoms with Crippen LogP contribution in [0.25, 0.3) is 0 Å². The number of carboxylic acids is 1. The molecule has 0 saturated heterocycles. The van der Waals surface area contributed by atoms with Crippen LogP contribution in [-0.4, -0.2) is 35.0 Å². The van der Waals surface area contributed by atoms with Crippen LogP contribution in [0, 0.1) is 11.8 Å². The zero-order chi connectivity index (χ0) is 15.0. The summed E-state index contributed by atoms with van der Waals surface area (Å²) in [4.78, 5) is 24.7. The van der Waals surface area contributed by atoms with Crippen LogP contribution in [0.15, 0.2) is 0 Å². The number of hydrogen-bond acceptors (Lipinski definition) is 2. The van der Waals surface area contributed by atoms with Gasteiger partial charge in [0.1, 0.15) is 0 Å². The Morgan fingerprint density at radius 1 is 1.15 bits per heavy atom. The molecule has 0 unspecified atom stereocenters. The highest BCUT2D eigenvalue weighted by Gasteiger charge is 2.28. The van der Waals surface area contributed by atoms with Crippen molar-refractivity contribution in [2.24, 2.45) is 11.8 Å². The van der Waals surface area contributed by atoms with E-state index in [1.807, 2.05) is 6.92 Å². The number of amides is 1. The van der Waals surface area contributed by atoms with Gasteiger partial charge in [0.25, 0.3) is 0 Å². The molecule has 0 aliphatic heterocycles. The summed E-state index contributed by atoms with van der Waals surface area (Å²) in [5.74, 6) is 0.261. The van der Waals surface area contributed by atoms with Crippen molar-refractivity contribution in [1.29, 1.82) is 0 Å². The summed E-state index contributed by atoms with van der Waals surface area (Å²) in [5.41, 5.74) is 0. The fourth-order valence-electron chi connectivity index (χ4n) is 3.10. The van der Waals surface area contributed by atoms with Crippen LogP contribution in [0.1, 0.15) is 65.2 Å². The minimum absolute atomic E-state index is 0.0470. The van der Waals surface area contributed by atoms with Gasteiger partial charge in [0.15, 0.2) is 0 Å². The average Bonchev–Trinajstić information content (AvgIpc) is 2.45. The summed E-state index contributed by atoms with van der Waals surface area (Å²) >= 11 is 0. The van der Waals surface area contributed by atoms with E-state index in [1.165, 1.54) is 19.3 Å². The summed E-state index contributed by atoms with van der Waals surface area (Å²) in [6.07, 6.45) is 8.17. The van der Waals surface area contributed by atoms with E-state index < -0.39 is 5.97 Å². The summed E-state index contributed by atoms with van der Waals surface area (Å²) < 4.78 is 0. The lowest BCUT2D eigenvalue weighted by molar-refractivity contribution is -0.140. The van der Waals surface area contributed by atoms with Gasteiger partial charge in [0, 0.05) is 19.0 Å². The number of carboxylic acid groups (broad SMARTS) is 1. The molecule has 1 aliphatic carbocycles. The molecule has 0 aromatic rings. The predicted octanol–water partition coefficient (Wildman–Crippen LogP) is 3.31. The molecule has 1 rings (SSSR count). The van der Waals surface area contributed by atoms with Gasteiger partial charge in [-0.1, -0.05) is 26.2 Å². The van der Waals surface area contributed by atoms with Gasteiger partial charge in [-0.2, -0.15) is 0 Å². The van der Waals surface area contributed by atoms with Crippen molar-refractivity contribution in [2.45, 2.75) is 65.2 Å². The summed E-state index contributed by atoms with van der Waals surface area (Å²) in [5, 5.41) is 8.73. The summed E-state index contributed by atoms with van der Waals surface area (Å²) in [6, 6.07) is 0. The van der Waals surface area contributed by atoms with Crippen LogP contribution in [0.2, 0.25) is 0 Å².